The highest BCUT2D eigenvalue weighted by atomic mass is 32.2. The van der Waals surface area contributed by atoms with Gasteiger partial charge in [0.15, 0.2) is 11.0 Å². The molecular weight excluding hydrogens is 356 g/mol. The van der Waals surface area contributed by atoms with Crippen molar-refractivity contribution >= 4 is 33.3 Å². The van der Waals surface area contributed by atoms with E-state index in [2.05, 4.69) is 10.1 Å². The van der Waals surface area contributed by atoms with Gasteiger partial charge < -0.3 is 4.52 Å². The largest absolute Gasteiger partial charge is 0.338 e. The number of thiophene rings is 1. The summed E-state index contributed by atoms with van der Waals surface area (Å²) in [6.45, 7) is 3.98. The summed E-state index contributed by atoms with van der Waals surface area (Å²) in [6.07, 6.45) is 5.17. The third-order valence-electron chi connectivity index (χ3n) is 4.59. The second kappa shape index (κ2) is 6.57. The van der Waals surface area contributed by atoms with Gasteiger partial charge in [0.25, 0.3) is 5.56 Å². The minimum absolute atomic E-state index is 0.0545. The molecule has 1 unspecified atom stereocenters. The smallest absolute Gasteiger partial charge is 0.262 e. The normalized spacial score (nSPS) is 15.5. The van der Waals surface area contributed by atoms with Crippen molar-refractivity contribution in [3.63, 3.8) is 0 Å². The number of fused-ring (bicyclic) bond motifs is 3. The lowest BCUT2D eigenvalue weighted by molar-refractivity contribution is 0.375. The molecule has 3 heterocycles. The molecule has 0 spiro atoms. The summed E-state index contributed by atoms with van der Waals surface area (Å²) in [4.78, 5) is 24.3. The van der Waals surface area contributed by atoms with Crippen LogP contribution in [0.2, 0.25) is 0 Å². The van der Waals surface area contributed by atoms with Gasteiger partial charge in [-0.3, -0.25) is 9.36 Å². The SMILES string of the molecule is CCc1noc(C(C)Sc2nc3sc4c(c3c(=O)n2C)CCCC4)n1. The molecule has 1 aliphatic carbocycles. The number of aryl methyl sites for hydroxylation is 3. The maximum absolute atomic E-state index is 12.9. The third kappa shape index (κ3) is 2.91. The van der Waals surface area contributed by atoms with Crippen molar-refractivity contribution in [2.45, 2.75) is 56.4 Å². The molecule has 0 N–H and O–H groups in total. The zero-order valence-electron chi connectivity index (χ0n) is 14.5. The van der Waals surface area contributed by atoms with Crippen molar-refractivity contribution in [1.82, 2.24) is 19.7 Å². The van der Waals surface area contributed by atoms with Crippen molar-refractivity contribution in [2.24, 2.45) is 7.05 Å². The molecule has 4 rings (SSSR count). The lowest BCUT2D eigenvalue weighted by Crippen LogP contribution is -2.20. The van der Waals surface area contributed by atoms with Crippen LogP contribution in [-0.4, -0.2) is 19.7 Å². The highest BCUT2D eigenvalue weighted by Gasteiger charge is 2.23. The first-order valence-electron chi connectivity index (χ1n) is 8.59. The first kappa shape index (κ1) is 16.8. The van der Waals surface area contributed by atoms with E-state index in [1.54, 1.807) is 23.0 Å². The predicted octanol–water partition coefficient (Wildman–Crippen LogP) is 3.67. The highest BCUT2D eigenvalue weighted by Crippen LogP contribution is 2.37. The second-order valence-corrected chi connectivity index (χ2v) is 8.70. The summed E-state index contributed by atoms with van der Waals surface area (Å²) in [5.74, 6) is 1.27. The van der Waals surface area contributed by atoms with Crippen LogP contribution < -0.4 is 5.56 Å². The quantitative estimate of drug-likeness (QED) is 0.511. The van der Waals surface area contributed by atoms with E-state index < -0.39 is 0 Å². The summed E-state index contributed by atoms with van der Waals surface area (Å²) in [5.41, 5.74) is 1.28. The summed E-state index contributed by atoms with van der Waals surface area (Å²) >= 11 is 3.16. The Morgan fingerprint density at radius 1 is 1.32 bits per heavy atom. The topological polar surface area (TPSA) is 73.8 Å². The second-order valence-electron chi connectivity index (χ2n) is 6.31. The fourth-order valence-corrected chi connectivity index (χ4v) is 5.36. The predicted molar refractivity (Wildman–Crippen MR) is 99.5 cm³/mol. The Hall–Kier alpha value is -1.67. The lowest BCUT2D eigenvalue weighted by atomic mass is 9.97. The Labute approximate surface area is 153 Å². The first-order chi connectivity index (χ1) is 12.1. The molecule has 3 aromatic heterocycles. The molecule has 132 valence electrons. The maximum Gasteiger partial charge on any atom is 0.262 e. The van der Waals surface area contributed by atoms with E-state index >= 15 is 0 Å². The van der Waals surface area contributed by atoms with Gasteiger partial charge in [-0.25, -0.2) is 4.98 Å². The molecule has 0 radical (unpaired) electrons. The van der Waals surface area contributed by atoms with Crippen molar-refractivity contribution in [3.8, 4) is 0 Å². The Balaban J connectivity index is 1.72. The monoisotopic (exact) mass is 376 g/mol. The minimum atomic E-state index is -0.0575. The lowest BCUT2D eigenvalue weighted by Gasteiger charge is -2.11. The van der Waals surface area contributed by atoms with Gasteiger partial charge in [0.05, 0.1) is 10.6 Å². The van der Waals surface area contributed by atoms with E-state index in [4.69, 9.17) is 9.51 Å². The summed E-state index contributed by atoms with van der Waals surface area (Å²) in [7, 11) is 1.79. The van der Waals surface area contributed by atoms with Crippen molar-refractivity contribution in [3.05, 3.63) is 32.5 Å². The minimum Gasteiger partial charge on any atom is -0.338 e. The van der Waals surface area contributed by atoms with Crippen molar-refractivity contribution in [2.75, 3.05) is 0 Å². The van der Waals surface area contributed by atoms with E-state index in [0.717, 1.165) is 35.9 Å². The zero-order valence-corrected chi connectivity index (χ0v) is 16.2. The molecule has 1 aliphatic rings. The molecule has 0 fully saturated rings. The summed E-state index contributed by atoms with van der Waals surface area (Å²) in [5, 5.41) is 5.41. The number of nitrogens with zero attached hydrogens (tertiary/aromatic N) is 4. The summed E-state index contributed by atoms with van der Waals surface area (Å²) in [6, 6.07) is 0. The molecule has 0 aliphatic heterocycles. The summed E-state index contributed by atoms with van der Waals surface area (Å²) < 4.78 is 6.97. The van der Waals surface area contributed by atoms with Crippen LogP contribution in [0.15, 0.2) is 14.5 Å². The van der Waals surface area contributed by atoms with Crippen LogP contribution in [-0.2, 0) is 26.3 Å². The van der Waals surface area contributed by atoms with Gasteiger partial charge in [0, 0.05) is 18.3 Å². The average molecular weight is 377 g/mol. The fraction of sp³-hybridized carbons (Fsp3) is 0.529. The standard InChI is InChI=1S/C17H20N4O2S2/c1-4-12-18-14(23-20-12)9(2)24-17-19-15-13(16(22)21(17)3)10-7-5-6-8-11(10)25-15/h9H,4-8H2,1-3H3. The van der Waals surface area contributed by atoms with E-state index in [9.17, 15) is 4.79 Å². The Bertz CT molecular complexity index is 989. The molecular formula is C17H20N4O2S2. The first-order valence-corrected chi connectivity index (χ1v) is 10.3. The van der Waals surface area contributed by atoms with Crippen LogP contribution in [0.3, 0.4) is 0 Å². The van der Waals surface area contributed by atoms with Gasteiger partial charge in [0.2, 0.25) is 5.89 Å². The van der Waals surface area contributed by atoms with Gasteiger partial charge in [-0.1, -0.05) is 23.8 Å². The Morgan fingerprint density at radius 3 is 2.88 bits per heavy atom. The van der Waals surface area contributed by atoms with E-state index in [-0.39, 0.29) is 10.8 Å². The number of hydrogen-bond donors (Lipinski definition) is 0. The fourth-order valence-electron chi connectivity index (χ4n) is 3.16. The van der Waals surface area contributed by atoms with Gasteiger partial charge in [-0.15, -0.1) is 11.3 Å². The van der Waals surface area contributed by atoms with Crippen LogP contribution in [0.25, 0.3) is 10.2 Å². The molecule has 8 heteroatoms. The van der Waals surface area contributed by atoms with Gasteiger partial charge in [-0.2, -0.15) is 4.98 Å². The number of rotatable bonds is 4. The molecule has 0 saturated heterocycles. The number of hydrogen-bond acceptors (Lipinski definition) is 7. The van der Waals surface area contributed by atoms with Crippen LogP contribution in [0.1, 0.15) is 54.1 Å². The van der Waals surface area contributed by atoms with Gasteiger partial charge >= 0.3 is 0 Å². The molecule has 0 amide bonds. The van der Waals surface area contributed by atoms with E-state index in [1.807, 2.05) is 13.8 Å². The van der Waals surface area contributed by atoms with Crippen LogP contribution in [0.4, 0.5) is 0 Å². The van der Waals surface area contributed by atoms with Gasteiger partial charge in [0.1, 0.15) is 4.83 Å². The molecule has 1 atom stereocenters. The Morgan fingerprint density at radius 2 is 2.12 bits per heavy atom. The third-order valence-corrected chi connectivity index (χ3v) is 6.90. The Kier molecular flexibility index (Phi) is 4.41. The maximum atomic E-state index is 12.9. The number of thioether (sulfide) groups is 1. The average Bonchev–Trinajstić information content (AvgIpc) is 3.23. The van der Waals surface area contributed by atoms with Crippen molar-refractivity contribution in [1.29, 1.82) is 0 Å². The molecule has 25 heavy (non-hydrogen) atoms. The van der Waals surface area contributed by atoms with Crippen LogP contribution in [0.5, 0.6) is 0 Å². The zero-order chi connectivity index (χ0) is 17.6. The number of aromatic nitrogens is 4. The van der Waals surface area contributed by atoms with E-state index in [0.29, 0.717) is 16.9 Å². The molecule has 0 bridgehead atoms. The van der Waals surface area contributed by atoms with Crippen molar-refractivity contribution < 1.29 is 4.52 Å². The molecule has 3 aromatic rings. The molecule has 0 aromatic carbocycles. The molecule has 0 saturated carbocycles. The highest BCUT2D eigenvalue weighted by molar-refractivity contribution is 7.99. The van der Waals surface area contributed by atoms with Crippen LogP contribution >= 0.6 is 23.1 Å². The van der Waals surface area contributed by atoms with E-state index in [1.165, 1.54) is 28.6 Å². The molecule has 6 nitrogen and oxygen atoms in total. The van der Waals surface area contributed by atoms with Crippen LogP contribution in [0, 0.1) is 0 Å². The van der Waals surface area contributed by atoms with Gasteiger partial charge in [-0.05, 0) is 38.2 Å².